The van der Waals surface area contributed by atoms with E-state index in [1.807, 2.05) is 0 Å². The molecule has 4 nitrogen and oxygen atoms in total. The van der Waals surface area contributed by atoms with Gasteiger partial charge < -0.3 is 11.5 Å². The summed E-state index contributed by atoms with van der Waals surface area (Å²) in [6.07, 6.45) is 33.4. The van der Waals surface area contributed by atoms with Crippen LogP contribution >= 0.6 is 0 Å². The molecule has 0 aliphatic carbocycles. The van der Waals surface area contributed by atoms with Crippen LogP contribution in [0.5, 0.6) is 0 Å². The van der Waals surface area contributed by atoms with Crippen molar-refractivity contribution < 1.29 is 9.59 Å². The molecule has 2 amide bonds. The third-order valence-corrected chi connectivity index (χ3v) is 8.19. The Morgan fingerprint density at radius 3 is 0.838 bits per heavy atom. The van der Waals surface area contributed by atoms with Gasteiger partial charge in [0.1, 0.15) is 0 Å². The van der Waals surface area contributed by atoms with Crippen LogP contribution < -0.4 is 11.5 Å². The van der Waals surface area contributed by atoms with Crippen LogP contribution in [-0.4, -0.2) is 11.8 Å². The fourth-order valence-electron chi connectivity index (χ4n) is 5.56. The van der Waals surface area contributed by atoms with Crippen molar-refractivity contribution in [3.05, 3.63) is 0 Å². The van der Waals surface area contributed by atoms with Gasteiger partial charge in [-0.2, -0.15) is 0 Å². The molecule has 0 bridgehead atoms. The molecule has 37 heavy (non-hydrogen) atoms. The minimum Gasteiger partial charge on any atom is -0.369 e. The highest BCUT2D eigenvalue weighted by Crippen LogP contribution is 2.24. The minimum absolute atomic E-state index is 0.210. The van der Waals surface area contributed by atoms with Gasteiger partial charge in [0.25, 0.3) is 0 Å². The SMILES string of the molecule is CCCCCCCCCCCCCCC(CC(CCCCCCCCCCCCCC)C(N)=O)C(N)=O. The van der Waals surface area contributed by atoms with Crippen molar-refractivity contribution in [2.24, 2.45) is 23.3 Å². The van der Waals surface area contributed by atoms with E-state index in [0.717, 1.165) is 38.5 Å². The predicted octanol–water partition coefficient (Wildman–Crippen LogP) is 9.76. The maximum absolute atomic E-state index is 12.0. The molecule has 220 valence electrons. The Bertz CT molecular complexity index is 465. The minimum atomic E-state index is -0.260. The number of carbonyl (C=O) groups is 2. The Morgan fingerprint density at radius 2 is 0.622 bits per heavy atom. The molecule has 0 aliphatic rings. The third kappa shape index (κ3) is 25.0. The van der Waals surface area contributed by atoms with Gasteiger partial charge in [0, 0.05) is 11.8 Å². The average molecular weight is 523 g/mol. The molecule has 2 atom stereocenters. The van der Waals surface area contributed by atoms with E-state index >= 15 is 0 Å². The van der Waals surface area contributed by atoms with Gasteiger partial charge in [-0.15, -0.1) is 0 Å². The van der Waals surface area contributed by atoms with Gasteiger partial charge in [0.15, 0.2) is 0 Å². The first-order valence-electron chi connectivity index (χ1n) is 16.6. The van der Waals surface area contributed by atoms with Crippen LogP contribution in [0.25, 0.3) is 0 Å². The van der Waals surface area contributed by atoms with Crippen molar-refractivity contribution in [3.63, 3.8) is 0 Å². The first-order chi connectivity index (χ1) is 18.0. The molecule has 0 aromatic heterocycles. The summed E-state index contributed by atoms with van der Waals surface area (Å²) >= 11 is 0. The molecule has 4 heteroatoms. The van der Waals surface area contributed by atoms with E-state index in [2.05, 4.69) is 13.8 Å². The first kappa shape index (κ1) is 35.9. The molecule has 0 rings (SSSR count). The van der Waals surface area contributed by atoms with E-state index in [4.69, 9.17) is 11.5 Å². The summed E-state index contributed by atoms with van der Waals surface area (Å²) in [5, 5.41) is 0. The lowest BCUT2D eigenvalue weighted by Gasteiger charge is -2.19. The normalized spacial score (nSPS) is 13.0. The topological polar surface area (TPSA) is 86.2 Å². The van der Waals surface area contributed by atoms with Gasteiger partial charge in [-0.1, -0.05) is 168 Å². The maximum atomic E-state index is 12.0. The van der Waals surface area contributed by atoms with Crippen LogP contribution in [0, 0.1) is 11.8 Å². The fraction of sp³-hybridized carbons (Fsp3) is 0.939. The van der Waals surface area contributed by atoms with Gasteiger partial charge >= 0.3 is 0 Å². The smallest absolute Gasteiger partial charge is 0.220 e. The van der Waals surface area contributed by atoms with Crippen molar-refractivity contribution in [3.8, 4) is 0 Å². The summed E-state index contributed by atoms with van der Waals surface area (Å²) in [5.41, 5.74) is 11.4. The summed E-state index contributed by atoms with van der Waals surface area (Å²) in [7, 11) is 0. The lowest BCUT2D eigenvalue weighted by Crippen LogP contribution is -2.31. The monoisotopic (exact) mass is 523 g/mol. The molecule has 0 saturated heterocycles. The molecule has 0 aromatic rings. The van der Waals surface area contributed by atoms with E-state index in [-0.39, 0.29) is 23.7 Å². The second kappa shape index (κ2) is 28.0. The zero-order valence-corrected chi connectivity index (χ0v) is 25.2. The molecule has 0 saturated carbocycles. The van der Waals surface area contributed by atoms with E-state index in [1.165, 1.54) is 128 Å². The highest BCUT2D eigenvalue weighted by Gasteiger charge is 2.24. The number of rotatable bonds is 30. The first-order valence-corrected chi connectivity index (χ1v) is 16.6. The molecule has 0 spiro atoms. The maximum Gasteiger partial charge on any atom is 0.220 e. The highest BCUT2D eigenvalue weighted by molar-refractivity contribution is 5.80. The fourth-order valence-corrected chi connectivity index (χ4v) is 5.56. The number of nitrogens with two attached hydrogens (primary N) is 2. The number of hydrogen-bond acceptors (Lipinski definition) is 2. The molecule has 0 radical (unpaired) electrons. The molecule has 0 aromatic carbocycles. The quantitative estimate of drug-likeness (QED) is 0.0919. The summed E-state index contributed by atoms with van der Waals surface area (Å²) in [6.45, 7) is 4.53. The second-order valence-electron chi connectivity index (χ2n) is 11.8. The standard InChI is InChI=1S/C33H66N2O2/c1-3-5-7-9-11-13-15-17-19-21-23-25-27-30(32(34)36)29-31(33(35)37)28-26-24-22-20-18-16-14-12-10-8-6-4-2/h30-31H,3-29H2,1-2H3,(H2,34,36)(H2,35,37). The van der Waals surface area contributed by atoms with Crippen LogP contribution in [0.2, 0.25) is 0 Å². The van der Waals surface area contributed by atoms with Crippen molar-refractivity contribution in [1.29, 1.82) is 0 Å². The number of carbonyl (C=O) groups excluding carboxylic acids is 2. The second-order valence-corrected chi connectivity index (χ2v) is 11.8. The summed E-state index contributed by atoms with van der Waals surface area (Å²) < 4.78 is 0. The summed E-state index contributed by atoms with van der Waals surface area (Å²) in [6, 6.07) is 0. The van der Waals surface area contributed by atoms with Gasteiger partial charge in [0.05, 0.1) is 0 Å². The Hall–Kier alpha value is -1.06. The van der Waals surface area contributed by atoms with Crippen LogP contribution in [0.4, 0.5) is 0 Å². The van der Waals surface area contributed by atoms with Gasteiger partial charge in [-0.05, 0) is 19.3 Å². The molecule has 0 aliphatic heterocycles. The summed E-state index contributed by atoms with van der Waals surface area (Å²) in [4.78, 5) is 24.1. The molecule has 0 heterocycles. The molecule has 0 fully saturated rings. The van der Waals surface area contributed by atoms with Crippen LogP contribution in [0.15, 0.2) is 0 Å². The predicted molar refractivity (Wildman–Crippen MR) is 161 cm³/mol. The Labute approximate surface area is 231 Å². The van der Waals surface area contributed by atoms with Crippen LogP contribution in [0.3, 0.4) is 0 Å². The van der Waals surface area contributed by atoms with Gasteiger partial charge in [0.2, 0.25) is 11.8 Å². The van der Waals surface area contributed by atoms with Crippen molar-refractivity contribution >= 4 is 11.8 Å². The Morgan fingerprint density at radius 1 is 0.405 bits per heavy atom. The number of unbranched alkanes of at least 4 members (excludes halogenated alkanes) is 22. The van der Waals surface area contributed by atoms with Crippen LogP contribution in [0.1, 0.15) is 187 Å². The zero-order valence-electron chi connectivity index (χ0n) is 25.2. The molecule has 4 N–H and O–H groups in total. The van der Waals surface area contributed by atoms with E-state index < -0.39 is 0 Å². The zero-order chi connectivity index (χ0) is 27.4. The lowest BCUT2D eigenvalue weighted by molar-refractivity contribution is -0.125. The average Bonchev–Trinajstić information content (AvgIpc) is 2.87. The van der Waals surface area contributed by atoms with Gasteiger partial charge in [-0.25, -0.2) is 0 Å². The lowest BCUT2D eigenvalue weighted by atomic mass is 9.86. The van der Waals surface area contributed by atoms with Crippen molar-refractivity contribution in [2.75, 3.05) is 0 Å². The molecular formula is C33H66N2O2. The van der Waals surface area contributed by atoms with Crippen molar-refractivity contribution in [2.45, 2.75) is 187 Å². The van der Waals surface area contributed by atoms with E-state index in [0.29, 0.717) is 6.42 Å². The van der Waals surface area contributed by atoms with Crippen LogP contribution in [-0.2, 0) is 9.59 Å². The molecular weight excluding hydrogens is 456 g/mol. The highest BCUT2D eigenvalue weighted by atomic mass is 16.1. The Balaban J connectivity index is 3.85. The summed E-state index contributed by atoms with van der Waals surface area (Å²) in [5.74, 6) is -0.941. The van der Waals surface area contributed by atoms with Gasteiger partial charge in [-0.3, -0.25) is 9.59 Å². The number of amides is 2. The largest absolute Gasteiger partial charge is 0.369 e. The van der Waals surface area contributed by atoms with Crippen molar-refractivity contribution in [1.82, 2.24) is 0 Å². The number of hydrogen-bond donors (Lipinski definition) is 2. The number of primary amides is 2. The molecule has 2 unspecified atom stereocenters. The van der Waals surface area contributed by atoms with E-state index in [9.17, 15) is 9.59 Å². The Kier molecular flexibility index (Phi) is 27.2. The third-order valence-electron chi connectivity index (χ3n) is 8.19. The van der Waals surface area contributed by atoms with E-state index in [1.54, 1.807) is 0 Å².